The van der Waals surface area contributed by atoms with Crippen molar-refractivity contribution in [3.05, 3.63) is 28.8 Å². The van der Waals surface area contributed by atoms with Gasteiger partial charge in [-0.2, -0.15) is 0 Å². The average molecular weight is 309 g/mol. The van der Waals surface area contributed by atoms with Crippen LogP contribution in [0, 0.1) is 18.8 Å². The second kappa shape index (κ2) is 5.95. The molecule has 1 saturated heterocycles. The summed E-state index contributed by atoms with van der Waals surface area (Å²) in [6, 6.07) is 5.45. The second-order valence-electron chi connectivity index (χ2n) is 6.27. The number of fused-ring (bicyclic) bond motifs is 1. The van der Waals surface area contributed by atoms with Crippen molar-refractivity contribution in [1.29, 1.82) is 0 Å². The number of hydrogen-bond acceptors (Lipinski definition) is 3. The van der Waals surface area contributed by atoms with E-state index in [-0.39, 0.29) is 12.0 Å². The number of aliphatic hydroxyl groups excluding tert-OH is 1. The number of likely N-dealkylation sites (tertiary alicyclic amines) is 1. The van der Waals surface area contributed by atoms with Crippen molar-refractivity contribution >= 4 is 23.2 Å². The van der Waals surface area contributed by atoms with Gasteiger partial charge in [-0.25, -0.2) is 0 Å². The van der Waals surface area contributed by atoms with E-state index in [1.165, 1.54) is 0 Å². The summed E-state index contributed by atoms with van der Waals surface area (Å²) in [6.45, 7) is 4.08. The number of benzene rings is 1. The molecule has 1 amide bonds. The average Bonchev–Trinajstić information content (AvgIpc) is 2.95. The lowest BCUT2D eigenvalue weighted by atomic mass is 10.00. The lowest BCUT2D eigenvalue weighted by Gasteiger charge is -2.18. The number of rotatable bonds is 3. The van der Waals surface area contributed by atoms with Gasteiger partial charge < -0.3 is 10.4 Å². The van der Waals surface area contributed by atoms with Crippen molar-refractivity contribution in [2.45, 2.75) is 25.9 Å². The number of halogens is 1. The molecule has 0 radical (unpaired) electrons. The van der Waals surface area contributed by atoms with Crippen LogP contribution < -0.4 is 5.32 Å². The maximum absolute atomic E-state index is 12.2. The van der Waals surface area contributed by atoms with Gasteiger partial charge in [-0.05, 0) is 49.4 Å². The Bertz CT molecular complexity index is 549. The molecule has 2 aliphatic rings. The monoisotopic (exact) mass is 308 g/mol. The Balaban J connectivity index is 1.55. The van der Waals surface area contributed by atoms with E-state index >= 15 is 0 Å². The highest BCUT2D eigenvalue weighted by Crippen LogP contribution is 2.37. The first-order valence-electron chi connectivity index (χ1n) is 7.49. The highest BCUT2D eigenvalue weighted by Gasteiger charge is 2.41. The summed E-state index contributed by atoms with van der Waals surface area (Å²) in [4.78, 5) is 14.3. The van der Waals surface area contributed by atoms with Crippen LogP contribution in [0.2, 0.25) is 5.02 Å². The molecule has 0 spiro atoms. The summed E-state index contributed by atoms with van der Waals surface area (Å²) in [5.74, 6) is 0.912. The van der Waals surface area contributed by atoms with E-state index in [0.29, 0.717) is 23.4 Å². The molecule has 1 aliphatic carbocycles. The number of anilines is 1. The molecule has 2 fully saturated rings. The molecule has 2 N–H and O–H groups in total. The van der Waals surface area contributed by atoms with Crippen LogP contribution in [0.1, 0.15) is 18.4 Å². The zero-order valence-electron chi connectivity index (χ0n) is 12.2. The van der Waals surface area contributed by atoms with Gasteiger partial charge in [-0.1, -0.05) is 11.6 Å². The highest BCUT2D eigenvalue weighted by molar-refractivity contribution is 6.30. The molecule has 3 unspecified atom stereocenters. The maximum atomic E-state index is 12.2. The molecule has 5 heteroatoms. The molecule has 1 aliphatic heterocycles. The Morgan fingerprint density at radius 1 is 1.43 bits per heavy atom. The highest BCUT2D eigenvalue weighted by atomic mass is 35.5. The summed E-state index contributed by atoms with van der Waals surface area (Å²) in [5, 5.41) is 13.5. The number of nitrogens with one attached hydrogen (secondary N) is 1. The fraction of sp³-hybridized carbons (Fsp3) is 0.562. The fourth-order valence-corrected chi connectivity index (χ4v) is 3.84. The lowest BCUT2D eigenvalue weighted by Crippen LogP contribution is -2.33. The van der Waals surface area contributed by atoms with Crippen molar-refractivity contribution in [2.75, 3.05) is 25.0 Å². The van der Waals surface area contributed by atoms with Gasteiger partial charge in [0.1, 0.15) is 0 Å². The smallest absolute Gasteiger partial charge is 0.238 e. The van der Waals surface area contributed by atoms with Crippen LogP contribution in [0.3, 0.4) is 0 Å². The molecule has 3 rings (SSSR count). The molecule has 1 aromatic carbocycles. The Morgan fingerprint density at radius 3 is 2.95 bits per heavy atom. The first kappa shape index (κ1) is 14.8. The van der Waals surface area contributed by atoms with E-state index in [1.807, 2.05) is 19.1 Å². The Morgan fingerprint density at radius 2 is 2.24 bits per heavy atom. The van der Waals surface area contributed by atoms with Gasteiger partial charge in [0.15, 0.2) is 0 Å². The third kappa shape index (κ3) is 3.23. The number of hydrogen-bond donors (Lipinski definition) is 2. The minimum absolute atomic E-state index is 0.00474. The summed E-state index contributed by atoms with van der Waals surface area (Å²) in [6.07, 6.45) is 1.82. The van der Waals surface area contributed by atoms with E-state index in [1.54, 1.807) is 6.07 Å². The van der Waals surface area contributed by atoms with Gasteiger partial charge in [-0.3, -0.25) is 9.69 Å². The Kier molecular flexibility index (Phi) is 4.20. The molecule has 1 saturated carbocycles. The molecule has 3 atom stereocenters. The van der Waals surface area contributed by atoms with E-state index in [2.05, 4.69) is 10.2 Å². The summed E-state index contributed by atoms with van der Waals surface area (Å²) < 4.78 is 0. The molecule has 21 heavy (non-hydrogen) atoms. The number of amides is 1. The number of carbonyl (C=O) groups is 1. The summed E-state index contributed by atoms with van der Waals surface area (Å²) in [7, 11) is 0. The predicted octanol–water partition coefficient (Wildman–Crippen LogP) is 2.29. The standard InChI is InChI=1S/C16H21ClN2O2/c1-10-6-12(17)3-4-14(10)18-16(21)9-19-7-11-2-5-15(20)13(11)8-19/h3-4,6,11,13,15,20H,2,5,7-9H2,1H3,(H,18,21). The minimum atomic E-state index is -0.179. The van der Waals surface area contributed by atoms with Crippen molar-refractivity contribution in [2.24, 2.45) is 11.8 Å². The summed E-state index contributed by atoms with van der Waals surface area (Å²) >= 11 is 5.91. The quantitative estimate of drug-likeness (QED) is 0.901. The van der Waals surface area contributed by atoms with Crippen LogP contribution in [0.4, 0.5) is 5.69 Å². The van der Waals surface area contributed by atoms with Gasteiger partial charge in [0, 0.05) is 29.7 Å². The van der Waals surface area contributed by atoms with Crippen LogP contribution in [-0.4, -0.2) is 41.7 Å². The predicted molar refractivity (Wildman–Crippen MR) is 83.5 cm³/mol. The first-order valence-corrected chi connectivity index (χ1v) is 7.87. The van der Waals surface area contributed by atoms with E-state index in [9.17, 15) is 9.90 Å². The molecule has 114 valence electrons. The number of carbonyl (C=O) groups excluding carboxylic acids is 1. The zero-order chi connectivity index (χ0) is 15.0. The van der Waals surface area contributed by atoms with Crippen LogP contribution in [0.25, 0.3) is 0 Å². The minimum Gasteiger partial charge on any atom is -0.393 e. The zero-order valence-corrected chi connectivity index (χ0v) is 12.9. The van der Waals surface area contributed by atoms with E-state index in [4.69, 9.17) is 11.6 Å². The SMILES string of the molecule is Cc1cc(Cl)ccc1NC(=O)CN1CC2CCC(O)C2C1. The van der Waals surface area contributed by atoms with Crippen LogP contribution in [-0.2, 0) is 4.79 Å². The maximum Gasteiger partial charge on any atom is 0.238 e. The number of aliphatic hydroxyl groups is 1. The normalized spacial score (nSPS) is 28.6. The largest absolute Gasteiger partial charge is 0.393 e. The molecule has 4 nitrogen and oxygen atoms in total. The topological polar surface area (TPSA) is 52.6 Å². The molecular weight excluding hydrogens is 288 g/mol. The van der Waals surface area contributed by atoms with Crippen LogP contribution in [0.5, 0.6) is 0 Å². The second-order valence-corrected chi connectivity index (χ2v) is 6.71. The molecule has 0 aromatic heterocycles. The third-order valence-electron chi connectivity index (χ3n) is 4.72. The Labute approximate surface area is 130 Å². The van der Waals surface area contributed by atoms with E-state index < -0.39 is 0 Å². The van der Waals surface area contributed by atoms with Crippen molar-refractivity contribution < 1.29 is 9.90 Å². The first-order chi connectivity index (χ1) is 10.0. The van der Waals surface area contributed by atoms with E-state index in [0.717, 1.165) is 37.2 Å². The van der Waals surface area contributed by atoms with Gasteiger partial charge in [0.25, 0.3) is 0 Å². The number of aryl methyl sites for hydroxylation is 1. The number of nitrogens with zero attached hydrogens (tertiary/aromatic N) is 1. The van der Waals surface area contributed by atoms with Gasteiger partial charge in [-0.15, -0.1) is 0 Å². The molecule has 1 heterocycles. The Hall–Kier alpha value is -1.10. The van der Waals surface area contributed by atoms with Crippen molar-refractivity contribution in [3.63, 3.8) is 0 Å². The van der Waals surface area contributed by atoms with Crippen LogP contribution in [0.15, 0.2) is 18.2 Å². The van der Waals surface area contributed by atoms with Gasteiger partial charge in [0.05, 0.1) is 12.6 Å². The lowest BCUT2D eigenvalue weighted by molar-refractivity contribution is -0.117. The fourth-order valence-electron chi connectivity index (χ4n) is 3.62. The molecule has 0 bridgehead atoms. The third-order valence-corrected chi connectivity index (χ3v) is 4.96. The molecule has 1 aromatic rings. The summed E-state index contributed by atoms with van der Waals surface area (Å²) in [5.41, 5.74) is 1.77. The van der Waals surface area contributed by atoms with Crippen molar-refractivity contribution in [3.8, 4) is 0 Å². The van der Waals surface area contributed by atoms with Gasteiger partial charge in [0.2, 0.25) is 5.91 Å². The van der Waals surface area contributed by atoms with Crippen molar-refractivity contribution in [1.82, 2.24) is 4.90 Å². The molecular formula is C16H21ClN2O2. The van der Waals surface area contributed by atoms with Crippen LogP contribution >= 0.6 is 11.6 Å². The van der Waals surface area contributed by atoms with Gasteiger partial charge >= 0.3 is 0 Å².